The van der Waals surface area contributed by atoms with E-state index in [2.05, 4.69) is 0 Å². The number of nitrogens with zero attached hydrogens (tertiary/aromatic N) is 1. The van der Waals surface area contributed by atoms with Crippen molar-refractivity contribution < 1.29 is 19.0 Å². The third kappa shape index (κ3) is 3.02. The molecule has 1 aliphatic rings. The molecular formula is C13H17FN2O3. The minimum atomic E-state index is -0.997. The van der Waals surface area contributed by atoms with Gasteiger partial charge >= 0.3 is 5.97 Å². The monoisotopic (exact) mass is 268 g/mol. The second-order valence-electron chi connectivity index (χ2n) is 4.43. The van der Waals surface area contributed by atoms with Gasteiger partial charge in [0.05, 0.1) is 19.1 Å². The van der Waals surface area contributed by atoms with Crippen LogP contribution in [0.3, 0.4) is 0 Å². The predicted octanol–water partition coefficient (Wildman–Crippen LogP) is 0.789. The lowest BCUT2D eigenvalue weighted by atomic mass is 9.96. The molecule has 1 aliphatic heterocycles. The molecule has 2 rings (SSSR count). The Balaban J connectivity index is 2.39. The Hall–Kier alpha value is -1.66. The highest BCUT2D eigenvalue weighted by Crippen LogP contribution is 2.29. The second-order valence-corrected chi connectivity index (χ2v) is 4.43. The number of anilines is 1. The summed E-state index contributed by atoms with van der Waals surface area (Å²) in [4.78, 5) is 13.2. The molecule has 0 saturated carbocycles. The number of nitrogens with two attached hydrogens (primary N) is 1. The van der Waals surface area contributed by atoms with E-state index >= 15 is 0 Å². The molecule has 6 heteroatoms. The average Bonchev–Trinajstić information content (AvgIpc) is 2.42. The SMILES string of the molecule is NCC(C(=O)O)c1ccc(F)cc1N1CCOCC1. The van der Waals surface area contributed by atoms with Crippen molar-refractivity contribution in [1.82, 2.24) is 0 Å². The Labute approximate surface area is 110 Å². The summed E-state index contributed by atoms with van der Waals surface area (Å²) >= 11 is 0. The van der Waals surface area contributed by atoms with Crippen LogP contribution < -0.4 is 10.6 Å². The van der Waals surface area contributed by atoms with Gasteiger partial charge in [-0.3, -0.25) is 4.79 Å². The molecule has 104 valence electrons. The summed E-state index contributed by atoms with van der Waals surface area (Å²) in [6.07, 6.45) is 0. The largest absolute Gasteiger partial charge is 0.481 e. The fraction of sp³-hybridized carbons (Fsp3) is 0.462. The lowest BCUT2D eigenvalue weighted by Gasteiger charge is -2.31. The fourth-order valence-corrected chi connectivity index (χ4v) is 2.25. The molecule has 5 nitrogen and oxygen atoms in total. The summed E-state index contributed by atoms with van der Waals surface area (Å²) in [7, 11) is 0. The van der Waals surface area contributed by atoms with Gasteiger partial charge in [-0.25, -0.2) is 4.39 Å². The third-order valence-corrected chi connectivity index (χ3v) is 3.25. The van der Waals surface area contributed by atoms with Crippen LogP contribution in [-0.2, 0) is 9.53 Å². The van der Waals surface area contributed by atoms with Crippen molar-refractivity contribution in [3.63, 3.8) is 0 Å². The van der Waals surface area contributed by atoms with E-state index in [0.29, 0.717) is 37.6 Å². The van der Waals surface area contributed by atoms with Crippen LogP contribution in [0.2, 0.25) is 0 Å². The zero-order valence-electron chi connectivity index (χ0n) is 10.5. The molecule has 1 heterocycles. The van der Waals surface area contributed by atoms with Gasteiger partial charge in [0.1, 0.15) is 5.82 Å². The van der Waals surface area contributed by atoms with Gasteiger partial charge in [0.15, 0.2) is 0 Å². The zero-order valence-corrected chi connectivity index (χ0v) is 10.5. The van der Waals surface area contributed by atoms with Gasteiger partial charge in [-0.2, -0.15) is 0 Å². The van der Waals surface area contributed by atoms with Crippen molar-refractivity contribution in [3.05, 3.63) is 29.6 Å². The number of hydrogen-bond acceptors (Lipinski definition) is 4. The number of carbonyl (C=O) groups is 1. The molecule has 0 aliphatic carbocycles. The lowest BCUT2D eigenvalue weighted by Crippen LogP contribution is -2.37. The lowest BCUT2D eigenvalue weighted by molar-refractivity contribution is -0.138. The summed E-state index contributed by atoms with van der Waals surface area (Å²) in [6, 6.07) is 4.14. The first-order chi connectivity index (χ1) is 9.13. The number of morpholine rings is 1. The van der Waals surface area contributed by atoms with Crippen LogP contribution in [0.4, 0.5) is 10.1 Å². The highest BCUT2D eigenvalue weighted by atomic mass is 19.1. The quantitative estimate of drug-likeness (QED) is 0.844. The number of carboxylic acids is 1. The van der Waals surface area contributed by atoms with Crippen LogP contribution >= 0.6 is 0 Å². The maximum atomic E-state index is 13.4. The summed E-state index contributed by atoms with van der Waals surface area (Å²) in [5.41, 5.74) is 6.68. The fourth-order valence-electron chi connectivity index (χ4n) is 2.25. The molecule has 1 aromatic rings. The van der Waals surface area contributed by atoms with E-state index in [1.807, 2.05) is 4.90 Å². The molecule has 0 spiro atoms. The van der Waals surface area contributed by atoms with Crippen molar-refractivity contribution in [2.45, 2.75) is 5.92 Å². The number of benzene rings is 1. The number of hydrogen-bond donors (Lipinski definition) is 2. The van der Waals surface area contributed by atoms with Crippen LogP contribution in [0.15, 0.2) is 18.2 Å². The number of carboxylic acid groups (broad SMARTS) is 1. The number of ether oxygens (including phenoxy) is 1. The zero-order chi connectivity index (χ0) is 13.8. The number of aliphatic carboxylic acids is 1. The van der Waals surface area contributed by atoms with Gasteiger partial charge in [-0.05, 0) is 17.7 Å². The first-order valence-corrected chi connectivity index (χ1v) is 6.18. The third-order valence-electron chi connectivity index (χ3n) is 3.25. The molecule has 1 fully saturated rings. The van der Waals surface area contributed by atoms with E-state index in [-0.39, 0.29) is 12.4 Å². The van der Waals surface area contributed by atoms with Crippen LogP contribution in [0.1, 0.15) is 11.5 Å². The first-order valence-electron chi connectivity index (χ1n) is 6.18. The highest BCUT2D eigenvalue weighted by molar-refractivity contribution is 5.79. The minimum Gasteiger partial charge on any atom is -0.481 e. The van der Waals surface area contributed by atoms with E-state index in [1.54, 1.807) is 0 Å². The minimum absolute atomic E-state index is 0.0156. The van der Waals surface area contributed by atoms with Gasteiger partial charge in [0.25, 0.3) is 0 Å². The van der Waals surface area contributed by atoms with Crippen LogP contribution in [0.5, 0.6) is 0 Å². The van der Waals surface area contributed by atoms with Crippen LogP contribution in [0.25, 0.3) is 0 Å². The Bertz CT molecular complexity index is 461. The topological polar surface area (TPSA) is 75.8 Å². The van der Waals surface area contributed by atoms with Crippen molar-refractivity contribution in [3.8, 4) is 0 Å². The predicted molar refractivity (Wildman–Crippen MR) is 68.9 cm³/mol. The van der Waals surface area contributed by atoms with E-state index in [4.69, 9.17) is 10.5 Å². The highest BCUT2D eigenvalue weighted by Gasteiger charge is 2.24. The number of halogens is 1. The van der Waals surface area contributed by atoms with Crippen molar-refractivity contribution in [1.29, 1.82) is 0 Å². The molecule has 0 bridgehead atoms. The number of rotatable bonds is 4. The average molecular weight is 268 g/mol. The summed E-state index contributed by atoms with van der Waals surface area (Å²) in [5, 5.41) is 9.20. The smallest absolute Gasteiger partial charge is 0.312 e. The second kappa shape index (κ2) is 5.99. The molecule has 1 unspecified atom stereocenters. The Morgan fingerprint density at radius 1 is 1.47 bits per heavy atom. The molecule has 1 aromatic carbocycles. The Morgan fingerprint density at radius 2 is 2.16 bits per heavy atom. The van der Waals surface area contributed by atoms with Crippen LogP contribution in [0, 0.1) is 5.82 Å². The standard InChI is InChI=1S/C13H17FN2O3/c14-9-1-2-10(11(8-15)13(17)18)12(7-9)16-3-5-19-6-4-16/h1-2,7,11H,3-6,8,15H2,(H,17,18). The molecule has 0 amide bonds. The molecule has 1 saturated heterocycles. The summed E-state index contributed by atoms with van der Waals surface area (Å²) < 4.78 is 18.7. The molecule has 1 atom stereocenters. The van der Waals surface area contributed by atoms with Crippen LogP contribution in [-0.4, -0.2) is 43.9 Å². The van der Waals surface area contributed by atoms with Gasteiger partial charge in [-0.15, -0.1) is 0 Å². The van der Waals surface area contributed by atoms with E-state index in [9.17, 15) is 14.3 Å². The van der Waals surface area contributed by atoms with Gasteiger partial charge in [0, 0.05) is 25.3 Å². The van der Waals surface area contributed by atoms with Crippen molar-refractivity contribution >= 4 is 11.7 Å². The maximum absolute atomic E-state index is 13.4. The normalized spacial score (nSPS) is 17.3. The molecule has 0 radical (unpaired) electrons. The van der Waals surface area contributed by atoms with Gasteiger partial charge in [0.2, 0.25) is 0 Å². The molecule has 0 aromatic heterocycles. The summed E-state index contributed by atoms with van der Waals surface area (Å²) in [5.74, 6) is -2.20. The van der Waals surface area contributed by atoms with E-state index < -0.39 is 11.9 Å². The van der Waals surface area contributed by atoms with Gasteiger partial charge < -0.3 is 20.5 Å². The Morgan fingerprint density at radius 3 is 2.74 bits per heavy atom. The maximum Gasteiger partial charge on any atom is 0.312 e. The molecule has 19 heavy (non-hydrogen) atoms. The van der Waals surface area contributed by atoms with Gasteiger partial charge in [-0.1, -0.05) is 6.07 Å². The molecule has 3 N–H and O–H groups in total. The Kier molecular flexibility index (Phi) is 4.34. The van der Waals surface area contributed by atoms with E-state index in [0.717, 1.165) is 0 Å². The summed E-state index contributed by atoms with van der Waals surface area (Å²) in [6.45, 7) is 2.33. The van der Waals surface area contributed by atoms with Crippen molar-refractivity contribution in [2.75, 3.05) is 37.7 Å². The van der Waals surface area contributed by atoms with Crippen molar-refractivity contribution in [2.24, 2.45) is 5.73 Å². The molecular weight excluding hydrogens is 251 g/mol. The first kappa shape index (κ1) is 13.8. The van der Waals surface area contributed by atoms with E-state index in [1.165, 1.54) is 18.2 Å².